The monoisotopic (exact) mass is 499 g/mol. The fraction of sp³-hybridized carbons (Fsp3) is 0.630. The van der Waals surface area contributed by atoms with E-state index in [1.165, 1.54) is 0 Å². The highest BCUT2D eigenvalue weighted by atomic mass is 16.2. The Hall–Kier alpha value is -2.94. The fourth-order valence-corrected chi connectivity index (χ4v) is 5.23. The van der Waals surface area contributed by atoms with Crippen molar-refractivity contribution in [2.24, 2.45) is 17.6 Å². The second kappa shape index (κ2) is 11.4. The SMILES string of the molecule is CC(C)CC(N)C(=O)N1CC(=O)C2C1CCN2C(=O)C(CC(C)C)NC(=O)c1ccc(N(C)C)cc1. The Balaban J connectivity index is 1.74. The molecule has 0 saturated carbocycles. The molecule has 2 aliphatic heterocycles. The van der Waals surface area contributed by atoms with Crippen molar-refractivity contribution in [2.75, 3.05) is 32.1 Å². The highest BCUT2D eigenvalue weighted by Crippen LogP contribution is 2.31. The average Bonchev–Trinajstić information content (AvgIpc) is 3.38. The number of hydrogen-bond acceptors (Lipinski definition) is 6. The molecule has 1 aromatic rings. The molecule has 198 valence electrons. The first-order chi connectivity index (χ1) is 16.9. The van der Waals surface area contributed by atoms with Crippen LogP contribution in [0.15, 0.2) is 24.3 Å². The van der Waals surface area contributed by atoms with Crippen LogP contribution in [0.5, 0.6) is 0 Å². The molecule has 2 aliphatic rings. The van der Waals surface area contributed by atoms with Crippen LogP contribution in [-0.2, 0) is 14.4 Å². The average molecular weight is 500 g/mol. The Labute approximate surface area is 214 Å². The first-order valence-electron chi connectivity index (χ1n) is 12.9. The lowest BCUT2D eigenvalue weighted by Gasteiger charge is -2.29. The zero-order valence-electron chi connectivity index (χ0n) is 22.4. The van der Waals surface area contributed by atoms with E-state index in [2.05, 4.69) is 5.32 Å². The van der Waals surface area contributed by atoms with E-state index >= 15 is 0 Å². The van der Waals surface area contributed by atoms with Crippen molar-refractivity contribution >= 4 is 29.2 Å². The number of benzene rings is 1. The van der Waals surface area contributed by atoms with Gasteiger partial charge >= 0.3 is 0 Å². The van der Waals surface area contributed by atoms with Crippen LogP contribution in [0.3, 0.4) is 0 Å². The molecular formula is C27H41N5O4. The summed E-state index contributed by atoms with van der Waals surface area (Å²) in [7, 11) is 3.85. The molecule has 3 rings (SSSR count). The number of Topliss-reactive ketones (excluding diaryl/α,β-unsaturated/α-hetero) is 1. The lowest BCUT2D eigenvalue weighted by molar-refractivity contribution is -0.138. The van der Waals surface area contributed by atoms with Crippen molar-refractivity contribution in [3.8, 4) is 0 Å². The lowest BCUT2D eigenvalue weighted by Crippen LogP contribution is -2.53. The summed E-state index contributed by atoms with van der Waals surface area (Å²) in [5.41, 5.74) is 7.56. The van der Waals surface area contributed by atoms with Gasteiger partial charge in [-0.2, -0.15) is 0 Å². The van der Waals surface area contributed by atoms with Crippen LogP contribution in [-0.4, -0.2) is 84.7 Å². The van der Waals surface area contributed by atoms with Gasteiger partial charge in [0.15, 0.2) is 5.78 Å². The molecule has 1 aromatic carbocycles. The standard InChI is InChI=1S/C27H41N5O4/c1-16(2)13-20(28)26(35)32-15-23(33)24-22(32)11-12-31(24)27(36)21(14-17(3)4)29-25(34)18-7-9-19(10-8-18)30(5)6/h7-10,16-17,20-22,24H,11-15,28H2,1-6H3,(H,29,34). The number of anilines is 1. The number of carbonyl (C=O) groups excluding carboxylic acids is 4. The van der Waals surface area contributed by atoms with Crippen molar-refractivity contribution in [3.63, 3.8) is 0 Å². The second-order valence-corrected chi connectivity index (χ2v) is 11.1. The van der Waals surface area contributed by atoms with Gasteiger partial charge in [0.1, 0.15) is 12.1 Å². The lowest BCUT2D eigenvalue weighted by atomic mass is 10.0. The molecule has 9 heteroatoms. The van der Waals surface area contributed by atoms with Crippen molar-refractivity contribution in [2.45, 2.75) is 71.1 Å². The van der Waals surface area contributed by atoms with Crippen molar-refractivity contribution in [1.82, 2.24) is 15.1 Å². The number of carbonyl (C=O) groups is 4. The van der Waals surface area contributed by atoms with Crippen LogP contribution in [0.1, 0.15) is 57.3 Å². The van der Waals surface area contributed by atoms with Gasteiger partial charge in [-0.3, -0.25) is 19.2 Å². The van der Waals surface area contributed by atoms with Crippen molar-refractivity contribution in [1.29, 1.82) is 0 Å². The van der Waals surface area contributed by atoms with E-state index in [-0.39, 0.29) is 47.9 Å². The highest BCUT2D eigenvalue weighted by molar-refractivity contribution is 6.01. The molecular weight excluding hydrogens is 458 g/mol. The molecule has 9 nitrogen and oxygen atoms in total. The quantitative estimate of drug-likeness (QED) is 0.534. The number of rotatable bonds is 9. The number of hydrogen-bond donors (Lipinski definition) is 2. The van der Waals surface area contributed by atoms with Gasteiger partial charge in [0.25, 0.3) is 5.91 Å². The fourth-order valence-electron chi connectivity index (χ4n) is 5.23. The van der Waals surface area contributed by atoms with Crippen LogP contribution in [0.2, 0.25) is 0 Å². The third-order valence-corrected chi connectivity index (χ3v) is 6.99. The Morgan fingerprint density at radius 2 is 1.61 bits per heavy atom. The van der Waals surface area contributed by atoms with Gasteiger partial charge in [0.2, 0.25) is 11.8 Å². The molecule has 0 radical (unpaired) electrons. The Morgan fingerprint density at radius 1 is 1.00 bits per heavy atom. The van der Waals surface area contributed by atoms with Crippen molar-refractivity contribution < 1.29 is 19.2 Å². The van der Waals surface area contributed by atoms with E-state index in [9.17, 15) is 19.2 Å². The van der Waals surface area contributed by atoms with Crippen LogP contribution < -0.4 is 16.0 Å². The molecule has 3 N–H and O–H groups in total. The number of ketones is 1. The van der Waals surface area contributed by atoms with Crippen LogP contribution >= 0.6 is 0 Å². The summed E-state index contributed by atoms with van der Waals surface area (Å²) in [5.74, 6) is -0.566. The Morgan fingerprint density at radius 3 is 2.17 bits per heavy atom. The predicted molar refractivity (Wildman–Crippen MR) is 140 cm³/mol. The topological polar surface area (TPSA) is 116 Å². The maximum Gasteiger partial charge on any atom is 0.251 e. The minimum Gasteiger partial charge on any atom is -0.378 e. The minimum atomic E-state index is -0.759. The number of likely N-dealkylation sites (tertiary alicyclic amines) is 2. The minimum absolute atomic E-state index is 0.0246. The molecule has 2 fully saturated rings. The number of nitrogens with one attached hydrogen (secondary N) is 1. The summed E-state index contributed by atoms with van der Waals surface area (Å²) in [6.45, 7) is 8.32. The van der Waals surface area contributed by atoms with E-state index in [1.54, 1.807) is 21.9 Å². The molecule has 4 unspecified atom stereocenters. The van der Waals surface area contributed by atoms with Gasteiger partial charge in [-0.15, -0.1) is 0 Å². The summed E-state index contributed by atoms with van der Waals surface area (Å²) in [4.78, 5) is 57.7. The van der Waals surface area contributed by atoms with Gasteiger partial charge in [-0.1, -0.05) is 27.7 Å². The van der Waals surface area contributed by atoms with Gasteiger partial charge < -0.3 is 25.8 Å². The van der Waals surface area contributed by atoms with E-state index in [0.29, 0.717) is 31.4 Å². The summed E-state index contributed by atoms with van der Waals surface area (Å²) in [6, 6.07) is 4.71. The molecule has 4 atom stereocenters. The van der Waals surface area contributed by atoms with Crippen LogP contribution in [0.4, 0.5) is 5.69 Å². The van der Waals surface area contributed by atoms with Crippen LogP contribution in [0.25, 0.3) is 0 Å². The van der Waals surface area contributed by atoms with Crippen LogP contribution in [0, 0.1) is 11.8 Å². The summed E-state index contributed by atoms with van der Waals surface area (Å²) >= 11 is 0. The van der Waals surface area contributed by atoms with E-state index in [1.807, 2.05) is 58.8 Å². The molecule has 2 saturated heterocycles. The largest absolute Gasteiger partial charge is 0.378 e. The summed E-state index contributed by atoms with van der Waals surface area (Å²) < 4.78 is 0. The molecule has 36 heavy (non-hydrogen) atoms. The molecule has 2 heterocycles. The zero-order chi connectivity index (χ0) is 26.7. The molecule has 3 amide bonds. The van der Waals surface area contributed by atoms with E-state index < -0.39 is 18.1 Å². The van der Waals surface area contributed by atoms with E-state index in [0.717, 1.165) is 5.69 Å². The van der Waals surface area contributed by atoms with Crippen molar-refractivity contribution in [3.05, 3.63) is 29.8 Å². The highest BCUT2D eigenvalue weighted by Gasteiger charge is 2.52. The second-order valence-electron chi connectivity index (χ2n) is 11.1. The molecule has 0 aliphatic carbocycles. The Kier molecular flexibility index (Phi) is 8.76. The maximum absolute atomic E-state index is 13.7. The number of amides is 3. The zero-order valence-corrected chi connectivity index (χ0v) is 22.4. The van der Waals surface area contributed by atoms with Gasteiger partial charge in [-0.05, 0) is 55.4 Å². The third-order valence-electron chi connectivity index (χ3n) is 6.99. The normalized spacial score (nSPS) is 21.1. The van der Waals surface area contributed by atoms with Gasteiger partial charge in [-0.25, -0.2) is 0 Å². The summed E-state index contributed by atoms with van der Waals surface area (Å²) in [6.07, 6.45) is 1.52. The maximum atomic E-state index is 13.7. The smallest absolute Gasteiger partial charge is 0.251 e. The number of nitrogens with zero attached hydrogens (tertiary/aromatic N) is 3. The third kappa shape index (κ3) is 6.06. The first kappa shape index (κ1) is 27.6. The molecule has 0 spiro atoms. The number of nitrogens with two attached hydrogens (primary N) is 1. The van der Waals surface area contributed by atoms with Gasteiger partial charge in [0.05, 0.1) is 18.6 Å². The van der Waals surface area contributed by atoms with Gasteiger partial charge in [0, 0.05) is 31.9 Å². The summed E-state index contributed by atoms with van der Waals surface area (Å²) in [5, 5.41) is 2.90. The van der Waals surface area contributed by atoms with E-state index in [4.69, 9.17) is 5.73 Å². The first-order valence-corrected chi connectivity index (χ1v) is 12.9. The molecule has 0 bridgehead atoms. The predicted octanol–water partition coefficient (Wildman–Crippen LogP) is 1.65. The molecule has 0 aromatic heterocycles. The number of fused-ring (bicyclic) bond motifs is 1. The Bertz CT molecular complexity index is 975.